The highest BCUT2D eigenvalue weighted by Gasteiger charge is 1.99. The third kappa shape index (κ3) is 6.94. The van der Waals surface area contributed by atoms with Gasteiger partial charge in [-0.3, -0.25) is 4.79 Å². The minimum atomic E-state index is -0.138. The fourth-order valence-corrected chi connectivity index (χ4v) is 1.76. The molecule has 1 N–H and O–H groups in total. The van der Waals surface area contributed by atoms with E-state index in [1.165, 1.54) is 6.08 Å². The summed E-state index contributed by atoms with van der Waals surface area (Å²) in [4.78, 5) is 11.6. The summed E-state index contributed by atoms with van der Waals surface area (Å²) in [6.45, 7) is 5.21. The zero-order valence-corrected chi connectivity index (χ0v) is 13.2. The number of carbonyl (C=O) groups is 1. The molecule has 1 rings (SSSR count). The first-order valence-corrected chi connectivity index (χ1v) is 7.27. The molecule has 1 aromatic carbocycles. The molecule has 5 heteroatoms. The second-order valence-corrected chi connectivity index (χ2v) is 5.39. The Morgan fingerprint density at radius 3 is 2.75 bits per heavy atom. The Kier molecular flexibility index (Phi) is 7.67. The monoisotopic (exact) mass is 315 g/mol. The van der Waals surface area contributed by atoms with Gasteiger partial charge in [-0.25, -0.2) is 0 Å². The van der Waals surface area contributed by atoms with Crippen LogP contribution >= 0.6 is 23.2 Å². The predicted octanol–water partition coefficient (Wildman–Crippen LogP) is 3.94. The third-order valence-corrected chi connectivity index (χ3v) is 3.18. The average Bonchev–Trinajstić information content (AvgIpc) is 2.39. The summed E-state index contributed by atoms with van der Waals surface area (Å²) >= 11 is 11.7. The molecule has 0 aliphatic heterocycles. The van der Waals surface area contributed by atoms with E-state index >= 15 is 0 Å². The van der Waals surface area contributed by atoms with Crippen molar-refractivity contribution in [1.82, 2.24) is 5.32 Å². The number of amides is 1. The lowest BCUT2D eigenvalue weighted by atomic mass is 10.2. The van der Waals surface area contributed by atoms with Gasteiger partial charge in [0.05, 0.1) is 16.1 Å². The van der Waals surface area contributed by atoms with Crippen molar-refractivity contribution in [3.8, 4) is 0 Å². The van der Waals surface area contributed by atoms with Gasteiger partial charge in [-0.15, -0.1) is 0 Å². The van der Waals surface area contributed by atoms with Crippen LogP contribution in [0.15, 0.2) is 24.3 Å². The van der Waals surface area contributed by atoms with Crippen molar-refractivity contribution in [1.29, 1.82) is 0 Å². The number of nitrogens with one attached hydrogen (secondary N) is 1. The molecule has 0 atom stereocenters. The largest absolute Gasteiger partial charge is 0.379 e. The van der Waals surface area contributed by atoms with Gasteiger partial charge in [-0.1, -0.05) is 29.3 Å². The van der Waals surface area contributed by atoms with E-state index in [0.717, 1.165) is 12.0 Å². The molecule has 0 aliphatic carbocycles. The number of hydrogen-bond donors (Lipinski definition) is 1. The molecule has 0 fully saturated rings. The molecule has 0 unspecified atom stereocenters. The summed E-state index contributed by atoms with van der Waals surface area (Å²) in [6, 6.07) is 5.21. The van der Waals surface area contributed by atoms with Crippen LogP contribution in [0.2, 0.25) is 10.0 Å². The molecule has 0 saturated carbocycles. The van der Waals surface area contributed by atoms with Gasteiger partial charge in [0.2, 0.25) is 5.91 Å². The predicted molar refractivity (Wildman–Crippen MR) is 84.2 cm³/mol. The van der Waals surface area contributed by atoms with Crippen LogP contribution in [0.3, 0.4) is 0 Å². The van der Waals surface area contributed by atoms with Crippen LogP contribution in [0, 0.1) is 0 Å². The van der Waals surface area contributed by atoms with E-state index in [1.54, 1.807) is 24.3 Å². The van der Waals surface area contributed by atoms with Crippen LogP contribution in [-0.4, -0.2) is 25.2 Å². The van der Waals surface area contributed by atoms with E-state index in [0.29, 0.717) is 23.2 Å². The first kappa shape index (κ1) is 17.0. The smallest absolute Gasteiger partial charge is 0.244 e. The Bertz CT molecular complexity index is 473. The number of halogens is 2. The van der Waals surface area contributed by atoms with Crippen LogP contribution in [0.25, 0.3) is 6.08 Å². The molecule has 0 aromatic heterocycles. The number of carbonyl (C=O) groups excluding carboxylic acids is 1. The molecule has 3 nitrogen and oxygen atoms in total. The molecule has 0 spiro atoms. The summed E-state index contributed by atoms with van der Waals surface area (Å²) in [5, 5.41) is 3.76. The van der Waals surface area contributed by atoms with Crippen LogP contribution in [0.5, 0.6) is 0 Å². The molecule has 0 saturated heterocycles. The molecular formula is C15H19Cl2NO2. The Morgan fingerprint density at radius 1 is 1.35 bits per heavy atom. The molecule has 20 heavy (non-hydrogen) atoms. The Morgan fingerprint density at radius 2 is 2.10 bits per heavy atom. The maximum absolute atomic E-state index is 11.6. The van der Waals surface area contributed by atoms with Gasteiger partial charge in [0, 0.05) is 19.2 Å². The van der Waals surface area contributed by atoms with Crippen LogP contribution < -0.4 is 5.32 Å². The van der Waals surface area contributed by atoms with Crippen molar-refractivity contribution in [3.63, 3.8) is 0 Å². The van der Waals surface area contributed by atoms with Gasteiger partial charge >= 0.3 is 0 Å². The lowest BCUT2D eigenvalue weighted by Crippen LogP contribution is -2.23. The molecule has 0 heterocycles. The summed E-state index contributed by atoms with van der Waals surface area (Å²) < 4.78 is 5.38. The maximum Gasteiger partial charge on any atom is 0.244 e. The van der Waals surface area contributed by atoms with Gasteiger partial charge in [-0.05, 0) is 44.0 Å². The molecule has 0 bridgehead atoms. The number of rotatable bonds is 7. The minimum Gasteiger partial charge on any atom is -0.379 e. The van der Waals surface area contributed by atoms with Crippen molar-refractivity contribution in [2.24, 2.45) is 0 Å². The highest BCUT2D eigenvalue weighted by atomic mass is 35.5. The van der Waals surface area contributed by atoms with Gasteiger partial charge in [0.25, 0.3) is 0 Å². The first-order chi connectivity index (χ1) is 9.49. The van der Waals surface area contributed by atoms with Crippen molar-refractivity contribution in [2.75, 3.05) is 13.2 Å². The lowest BCUT2D eigenvalue weighted by Gasteiger charge is -2.07. The molecule has 1 amide bonds. The van der Waals surface area contributed by atoms with Gasteiger partial charge < -0.3 is 10.1 Å². The highest BCUT2D eigenvalue weighted by molar-refractivity contribution is 6.42. The molecule has 0 radical (unpaired) electrons. The van der Waals surface area contributed by atoms with Crippen molar-refractivity contribution < 1.29 is 9.53 Å². The fraction of sp³-hybridized carbons (Fsp3) is 0.400. The Labute approximate surface area is 129 Å². The van der Waals surface area contributed by atoms with E-state index in [1.807, 2.05) is 13.8 Å². The first-order valence-electron chi connectivity index (χ1n) is 6.51. The summed E-state index contributed by atoms with van der Waals surface area (Å²) in [5.41, 5.74) is 0.831. The summed E-state index contributed by atoms with van der Waals surface area (Å²) in [6.07, 6.45) is 4.19. The van der Waals surface area contributed by atoms with Gasteiger partial charge in [0.15, 0.2) is 0 Å². The Balaban J connectivity index is 2.31. The zero-order valence-electron chi connectivity index (χ0n) is 11.7. The molecule has 1 aromatic rings. The van der Waals surface area contributed by atoms with E-state index in [9.17, 15) is 4.79 Å². The van der Waals surface area contributed by atoms with E-state index in [-0.39, 0.29) is 12.0 Å². The molecule has 110 valence electrons. The maximum atomic E-state index is 11.6. The van der Waals surface area contributed by atoms with E-state index < -0.39 is 0 Å². The Hall–Kier alpha value is -1.03. The van der Waals surface area contributed by atoms with Crippen LogP contribution in [-0.2, 0) is 9.53 Å². The quantitative estimate of drug-likeness (QED) is 0.611. The van der Waals surface area contributed by atoms with Gasteiger partial charge in [0.1, 0.15) is 0 Å². The lowest BCUT2D eigenvalue weighted by molar-refractivity contribution is -0.116. The SMILES string of the molecule is CC(C)OCCCNC(=O)/C=C/c1ccc(Cl)c(Cl)c1. The van der Waals surface area contributed by atoms with Gasteiger partial charge in [-0.2, -0.15) is 0 Å². The number of ether oxygens (including phenoxy) is 1. The second kappa shape index (κ2) is 9.01. The zero-order chi connectivity index (χ0) is 15.0. The topological polar surface area (TPSA) is 38.3 Å². The fourth-order valence-electron chi connectivity index (χ4n) is 1.45. The third-order valence-electron chi connectivity index (χ3n) is 2.44. The normalized spacial score (nSPS) is 11.2. The van der Waals surface area contributed by atoms with E-state index in [2.05, 4.69) is 5.32 Å². The van der Waals surface area contributed by atoms with Crippen LogP contribution in [0.4, 0.5) is 0 Å². The second-order valence-electron chi connectivity index (χ2n) is 4.57. The summed E-state index contributed by atoms with van der Waals surface area (Å²) in [5.74, 6) is -0.138. The number of hydrogen-bond acceptors (Lipinski definition) is 2. The summed E-state index contributed by atoms with van der Waals surface area (Å²) in [7, 11) is 0. The standard InChI is InChI=1S/C15H19Cl2NO2/c1-11(2)20-9-3-8-18-15(19)7-5-12-4-6-13(16)14(17)10-12/h4-7,10-11H,3,8-9H2,1-2H3,(H,18,19)/b7-5+. The van der Waals surface area contributed by atoms with Crippen LogP contribution in [0.1, 0.15) is 25.8 Å². The number of benzene rings is 1. The van der Waals surface area contributed by atoms with Crippen molar-refractivity contribution in [3.05, 3.63) is 39.9 Å². The van der Waals surface area contributed by atoms with E-state index in [4.69, 9.17) is 27.9 Å². The van der Waals surface area contributed by atoms with Crippen molar-refractivity contribution >= 4 is 35.2 Å². The molecular weight excluding hydrogens is 297 g/mol. The average molecular weight is 316 g/mol. The minimum absolute atomic E-state index is 0.138. The van der Waals surface area contributed by atoms with Crippen molar-refractivity contribution in [2.45, 2.75) is 26.4 Å². The highest BCUT2D eigenvalue weighted by Crippen LogP contribution is 2.22. The molecule has 0 aliphatic rings.